The minimum atomic E-state index is -4.60. The van der Waals surface area contributed by atoms with Crippen LogP contribution in [0.1, 0.15) is 225 Å². The normalized spacial score (nSPS) is 19.8. The molecule has 0 aromatic heterocycles. The van der Waals surface area contributed by atoms with Gasteiger partial charge >= 0.3 is 11.9 Å². The molecule has 1 fully saturated rings. The van der Waals surface area contributed by atoms with Gasteiger partial charge in [-0.3, -0.25) is 14.1 Å². The van der Waals surface area contributed by atoms with Gasteiger partial charge in [0.25, 0.3) is 10.1 Å². The van der Waals surface area contributed by atoms with Crippen molar-refractivity contribution in [1.29, 1.82) is 0 Å². The van der Waals surface area contributed by atoms with Crippen molar-refractivity contribution < 1.29 is 56.8 Å². The van der Waals surface area contributed by atoms with Gasteiger partial charge in [0.2, 0.25) is 0 Å². The van der Waals surface area contributed by atoms with Crippen LogP contribution in [-0.2, 0) is 38.7 Å². The molecule has 0 bridgehead atoms. The van der Waals surface area contributed by atoms with Crippen LogP contribution >= 0.6 is 0 Å². The van der Waals surface area contributed by atoms with Crippen LogP contribution in [0.4, 0.5) is 0 Å². The van der Waals surface area contributed by atoms with E-state index in [0.29, 0.717) is 12.8 Å². The number of aliphatic hydroxyl groups is 3. The van der Waals surface area contributed by atoms with E-state index in [-0.39, 0.29) is 19.4 Å². The Labute approximate surface area is 371 Å². The van der Waals surface area contributed by atoms with Gasteiger partial charge in [0.05, 0.1) is 6.61 Å². The van der Waals surface area contributed by atoms with E-state index in [2.05, 4.69) is 13.5 Å². The number of carbonyl (C=O) groups excluding carboxylic acids is 2. The summed E-state index contributed by atoms with van der Waals surface area (Å²) >= 11 is 0. The van der Waals surface area contributed by atoms with Crippen LogP contribution in [0, 0.1) is 0 Å². The van der Waals surface area contributed by atoms with Gasteiger partial charge in [0, 0.05) is 12.8 Å². The summed E-state index contributed by atoms with van der Waals surface area (Å²) in [5.74, 6) is -1.97. The average molecular weight is 891 g/mol. The lowest BCUT2D eigenvalue weighted by molar-refractivity contribution is -0.297. The fourth-order valence-electron chi connectivity index (χ4n) is 7.89. The van der Waals surface area contributed by atoms with Crippen molar-refractivity contribution in [2.75, 3.05) is 19.0 Å². The first-order valence-electron chi connectivity index (χ1n) is 24.7. The summed E-state index contributed by atoms with van der Waals surface area (Å²) in [6.07, 6.45) is 31.4. The van der Waals surface area contributed by atoms with E-state index < -0.39 is 71.2 Å². The zero-order valence-corrected chi connectivity index (χ0v) is 39.2. The fourth-order valence-corrected chi connectivity index (χ4v) is 8.59. The zero-order chi connectivity index (χ0) is 44.8. The van der Waals surface area contributed by atoms with Crippen molar-refractivity contribution in [3.05, 3.63) is 12.7 Å². The topological polar surface area (TPSA) is 186 Å². The monoisotopic (exact) mass is 891 g/mol. The predicted molar refractivity (Wildman–Crippen MR) is 243 cm³/mol. The first-order chi connectivity index (χ1) is 29.5. The molecule has 6 atom stereocenters. The fraction of sp³-hybridized carbons (Fsp3) is 0.917. The minimum absolute atomic E-state index is 0.170. The van der Waals surface area contributed by atoms with Gasteiger partial charge in [-0.1, -0.05) is 193 Å². The van der Waals surface area contributed by atoms with Crippen molar-refractivity contribution in [3.8, 4) is 0 Å². The molecule has 360 valence electrons. The van der Waals surface area contributed by atoms with Crippen LogP contribution in [0.5, 0.6) is 0 Å². The molecule has 0 aromatic carbocycles. The second kappa shape index (κ2) is 38.8. The first-order valence-corrected chi connectivity index (χ1v) is 26.3. The van der Waals surface area contributed by atoms with Gasteiger partial charge < -0.3 is 34.3 Å². The molecule has 0 saturated carbocycles. The molecule has 13 heteroatoms. The molecule has 4 N–H and O–H groups in total. The number of allylic oxidation sites excluding steroid dienone is 1. The maximum Gasteiger partial charge on any atom is 0.306 e. The Morgan fingerprint density at radius 2 is 0.967 bits per heavy atom. The molecule has 2 unspecified atom stereocenters. The molecular formula is C48H90O12S. The summed E-state index contributed by atoms with van der Waals surface area (Å²) in [6.45, 7) is 5.32. The molecule has 1 saturated heterocycles. The van der Waals surface area contributed by atoms with Crippen LogP contribution in [0.3, 0.4) is 0 Å². The second-order valence-corrected chi connectivity index (χ2v) is 19.1. The Bertz CT molecular complexity index is 1170. The molecule has 0 spiro atoms. The van der Waals surface area contributed by atoms with Crippen molar-refractivity contribution in [1.82, 2.24) is 0 Å². The lowest BCUT2D eigenvalue weighted by Gasteiger charge is -2.40. The van der Waals surface area contributed by atoms with E-state index in [1.54, 1.807) is 0 Å². The molecule has 1 heterocycles. The van der Waals surface area contributed by atoms with E-state index in [9.17, 15) is 37.9 Å². The lowest BCUT2D eigenvalue weighted by atomic mass is 10.00. The van der Waals surface area contributed by atoms with Crippen LogP contribution < -0.4 is 0 Å². The smallest absolute Gasteiger partial charge is 0.306 e. The van der Waals surface area contributed by atoms with Crippen molar-refractivity contribution in [3.63, 3.8) is 0 Å². The molecule has 61 heavy (non-hydrogen) atoms. The van der Waals surface area contributed by atoms with E-state index in [0.717, 1.165) is 44.9 Å². The molecule has 1 rings (SSSR count). The van der Waals surface area contributed by atoms with Crippen LogP contribution in [-0.4, -0.2) is 96.0 Å². The van der Waals surface area contributed by atoms with E-state index in [1.807, 2.05) is 6.08 Å². The molecule has 0 aromatic rings. The van der Waals surface area contributed by atoms with Crippen molar-refractivity contribution >= 4 is 22.1 Å². The lowest BCUT2D eigenvalue weighted by Crippen LogP contribution is -2.60. The highest BCUT2D eigenvalue weighted by Gasteiger charge is 2.46. The number of hydrogen-bond donors (Lipinski definition) is 4. The number of rotatable bonds is 43. The van der Waals surface area contributed by atoms with Gasteiger partial charge in [0.15, 0.2) is 12.4 Å². The van der Waals surface area contributed by atoms with E-state index in [1.165, 1.54) is 148 Å². The van der Waals surface area contributed by atoms with E-state index >= 15 is 0 Å². The third-order valence-corrected chi connectivity index (χ3v) is 12.5. The van der Waals surface area contributed by atoms with Crippen molar-refractivity contribution in [2.24, 2.45) is 0 Å². The van der Waals surface area contributed by atoms with Gasteiger partial charge in [0.1, 0.15) is 36.8 Å². The first kappa shape index (κ1) is 57.4. The maximum atomic E-state index is 12.8. The number of esters is 2. The third-order valence-electron chi connectivity index (χ3n) is 11.7. The van der Waals surface area contributed by atoms with Gasteiger partial charge in [-0.25, -0.2) is 0 Å². The minimum Gasteiger partial charge on any atom is -0.462 e. The Balaban J connectivity index is 2.37. The molecule has 1 aliphatic rings. The number of aliphatic hydroxyl groups excluding tert-OH is 3. The summed E-state index contributed by atoms with van der Waals surface area (Å²) < 4.78 is 54.2. The molecule has 0 aliphatic carbocycles. The van der Waals surface area contributed by atoms with Crippen molar-refractivity contribution in [2.45, 2.75) is 262 Å². The molecule has 0 amide bonds. The summed E-state index contributed by atoms with van der Waals surface area (Å²) in [4.78, 5) is 25.5. The zero-order valence-electron chi connectivity index (χ0n) is 38.4. The summed E-state index contributed by atoms with van der Waals surface area (Å²) in [7, 11) is -4.60. The third kappa shape index (κ3) is 33.6. The standard InChI is InChI=1S/C48H90O12S/c1-3-5-7-9-11-13-15-17-19-20-21-23-25-27-29-31-33-35-37-44(50)59-41(39-58-48-47(53)46(52)45(51)42(60-48)40-61(54,55)56)38-57-43(49)36-34-32-30-28-26-24-22-18-16-14-12-10-8-6-4-2/h4,41-42,45-48,51-53H,2-3,5-40H2,1H3,(H,54,55,56)/t41-,42-,45-,46?,47?,48+/m1/s1. The molecular weight excluding hydrogens is 801 g/mol. The molecule has 0 radical (unpaired) electrons. The second-order valence-electron chi connectivity index (χ2n) is 17.6. The van der Waals surface area contributed by atoms with E-state index in [4.69, 9.17) is 18.9 Å². The van der Waals surface area contributed by atoms with Crippen LogP contribution in [0.15, 0.2) is 12.7 Å². The highest BCUT2D eigenvalue weighted by atomic mass is 32.2. The van der Waals surface area contributed by atoms with Gasteiger partial charge in [-0.15, -0.1) is 6.58 Å². The number of unbranched alkanes of at least 4 members (excludes halogenated alkanes) is 30. The summed E-state index contributed by atoms with van der Waals surface area (Å²) in [6, 6.07) is 0. The Morgan fingerprint density at radius 1 is 0.574 bits per heavy atom. The Kier molecular flexibility index (Phi) is 36.5. The quantitative estimate of drug-likeness (QED) is 0.0197. The number of carbonyl (C=O) groups is 2. The number of hydrogen-bond acceptors (Lipinski definition) is 11. The summed E-state index contributed by atoms with van der Waals surface area (Å²) in [5.41, 5.74) is 0. The van der Waals surface area contributed by atoms with Gasteiger partial charge in [-0.05, 0) is 25.7 Å². The highest BCUT2D eigenvalue weighted by Crippen LogP contribution is 2.24. The Morgan fingerprint density at radius 3 is 1.38 bits per heavy atom. The maximum absolute atomic E-state index is 12.8. The summed E-state index contributed by atoms with van der Waals surface area (Å²) in [5, 5.41) is 30.9. The van der Waals surface area contributed by atoms with Crippen LogP contribution in [0.25, 0.3) is 0 Å². The Hall–Kier alpha value is -1.61. The van der Waals surface area contributed by atoms with Gasteiger partial charge in [-0.2, -0.15) is 8.42 Å². The SMILES string of the molecule is C=CCCCCCCCCCCCCCCCC(=O)OC[C@H](CO[C@H]1O[C@H](CS(=O)(=O)O)[C@@H](O)C(O)C1O)OC(=O)CCCCCCCCCCCCCCCCCCCC. The molecule has 12 nitrogen and oxygen atoms in total. The predicted octanol–water partition coefficient (Wildman–Crippen LogP) is 10.6. The van der Waals surface area contributed by atoms with Crippen LogP contribution in [0.2, 0.25) is 0 Å². The largest absolute Gasteiger partial charge is 0.462 e. The average Bonchev–Trinajstić information content (AvgIpc) is 3.22. The molecule has 1 aliphatic heterocycles. The number of ether oxygens (including phenoxy) is 4. The highest BCUT2D eigenvalue weighted by molar-refractivity contribution is 7.85.